The number of hydrogen-bond donors (Lipinski definition) is 0. The molecule has 1 aliphatic rings. The summed E-state index contributed by atoms with van der Waals surface area (Å²) in [5.41, 5.74) is 1.41. The van der Waals surface area contributed by atoms with E-state index in [1.54, 1.807) is 0 Å². The van der Waals surface area contributed by atoms with E-state index in [0.717, 1.165) is 6.29 Å². The first-order valence-corrected chi connectivity index (χ1v) is 4.08. The first-order chi connectivity index (χ1) is 4.34. The van der Waals surface area contributed by atoms with Crippen molar-refractivity contribution in [2.45, 2.75) is 19.8 Å². The number of hydrogen-bond acceptors (Lipinski definition) is 2. The van der Waals surface area contributed by atoms with E-state index in [4.69, 9.17) is 0 Å². The molecule has 1 nitrogen and oxygen atoms in total. The van der Waals surface area contributed by atoms with Gasteiger partial charge in [-0.25, -0.2) is 0 Å². The van der Waals surface area contributed by atoms with Crippen LogP contribution in [0.2, 0.25) is 0 Å². The van der Waals surface area contributed by atoms with Gasteiger partial charge >= 0.3 is 0 Å². The summed E-state index contributed by atoms with van der Waals surface area (Å²) in [5.74, 6) is 1.18. The highest BCUT2D eigenvalue weighted by molar-refractivity contribution is 8.03. The van der Waals surface area contributed by atoms with Crippen LogP contribution in [0.5, 0.6) is 0 Å². The number of aldehydes is 1. The zero-order chi connectivity index (χ0) is 6.69. The van der Waals surface area contributed by atoms with Gasteiger partial charge < -0.3 is 4.79 Å². The van der Waals surface area contributed by atoms with Gasteiger partial charge in [0, 0.05) is 12.2 Å². The van der Waals surface area contributed by atoms with Crippen LogP contribution < -0.4 is 0 Å². The molecule has 9 heavy (non-hydrogen) atoms. The molecular weight excluding hydrogens is 132 g/mol. The topological polar surface area (TPSA) is 17.1 Å². The average Bonchev–Trinajstić information content (AvgIpc) is 2.18. The van der Waals surface area contributed by atoms with Crippen LogP contribution in [0.4, 0.5) is 0 Å². The molecule has 1 aliphatic heterocycles. The molecule has 0 unspecified atom stereocenters. The second-order valence-corrected chi connectivity index (χ2v) is 3.36. The Kier molecular flexibility index (Phi) is 2.34. The van der Waals surface area contributed by atoms with E-state index in [2.05, 4.69) is 6.92 Å². The molecule has 50 valence electrons. The van der Waals surface area contributed by atoms with Crippen LogP contribution in [0.15, 0.2) is 10.5 Å². The van der Waals surface area contributed by atoms with Crippen molar-refractivity contribution in [2.24, 2.45) is 0 Å². The van der Waals surface area contributed by atoms with Crippen LogP contribution in [-0.2, 0) is 4.79 Å². The number of carbonyl (C=O) groups is 1. The molecule has 0 aromatic rings. The van der Waals surface area contributed by atoms with Crippen molar-refractivity contribution in [3.05, 3.63) is 10.5 Å². The molecule has 0 fully saturated rings. The third kappa shape index (κ3) is 1.58. The van der Waals surface area contributed by atoms with E-state index in [0.29, 0.717) is 6.42 Å². The van der Waals surface area contributed by atoms with Crippen molar-refractivity contribution in [1.29, 1.82) is 0 Å². The van der Waals surface area contributed by atoms with Gasteiger partial charge in [0.1, 0.15) is 6.29 Å². The van der Waals surface area contributed by atoms with E-state index in [9.17, 15) is 4.79 Å². The molecule has 0 aromatic carbocycles. The molecule has 1 heterocycles. The fourth-order valence-electron chi connectivity index (χ4n) is 0.899. The van der Waals surface area contributed by atoms with E-state index in [-0.39, 0.29) is 0 Å². The van der Waals surface area contributed by atoms with Crippen molar-refractivity contribution in [2.75, 3.05) is 5.75 Å². The van der Waals surface area contributed by atoms with E-state index in [1.165, 1.54) is 22.7 Å². The van der Waals surface area contributed by atoms with Crippen molar-refractivity contribution < 1.29 is 4.79 Å². The predicted molar refractivity (Wildman–Crippen MR) is 40.5 cm³/mol. The molecule has 0 spiro atoms. The Morgan fingerprint density at radius 3 is 3.00 bits per heavy atom. The lowest BCUT2D eigenvalue weighted by Crippen LogP contribution is -1.77. The summed E-state index contributed by atoms with van der Waals surface area (Å²) in [7, 11) is 0. The summed E-state index contributed by atoms with van der Waals surface area (Å²) >= 11 is 1.82. The quantitative estimate of drug-likeness (QED) is 0.548. The SMILES string of the molecule is CC1=C(CC=O)SCC1. The van der Waals surface area contributed by atoms with Crippen LogP contribution in [-0.4, -0.2) is 12.0 Å². The monoisotopic (exact) mass is 142 g/mol. The number of allylic oxidation sites excluding steroid dienone is 2. The molecule has 1 rings (SSSR count). The Morgan fingerprint density at radius 1 is 1.78 bits per heavy atom. The maximum Gasteiger partial charge on any atom is 0.124 e. The van der Waals surface area contributed by atoms with E-state index in [1.807, 2.05) is 11.8 Å². The van der Waals surface area contributed by atoms with Gasteiger partial charge in [0.15, 0.2) is 0 Å². The summed E-state index contributed by atoms with van der Waals surface area (Å²) in [6.07, 6.45) is 2.79. The minimum atomic E-state index is 0.635. The lowest BCUT2D eigenvalue weighted by molar-refractivity contribution is -0.107. The van der Waals surface area contributed by atoms with E-state index < -0.39 is 0 Å². The van der Waals surface area contributed by atoms with Gasteiger partial charge in [0.2, 0.25) is 0 Å². The van der Waals surface area contributed by atoms with E-state index >= 15 is 0 Å². The van der Waals surface area contributed by atoms with Crippen LogP contribution in [0.1, 0.15) is 19.8 Å². The second kappa shape index (κ2) is 3.06. The highest BCUT2D eigenvalue weighted by Crippen LogP contribution is 2.32. The number of rotatable bonds is 2. The standard InChI is InChI=1S/C7H10OS/c1-6-3-5-9-7(6)2-4-8/h4H,2-3,5H2,1H3. The largest absolute Gasteiger partial charge is 0.303 e. The molecule has 0 aromatic heterocycles. The molecule has 2 heteroatoms. The maximum atomic E-state index is 10.1. The third-order valence-electron chi connectivity index (χ3n) is 1.50. The van der Waals surface area contributed by atoms with Crippen molar-refractivity contribution in [1.82, 2.24) is 0 Å². The molecule has 0 amide bonds. The summed E-state index contributed by atoms with van der Waals surface area (Å²) in [5, 5.41) is 0. The van der Waals surface area contributed by atoms with Gasteiger partial charge in [-0.1, -0.05) is 5.57 Å². The van der Waals surface area contributed by atoms with Gasteiger partial charge in [-0.05, 0) is 18.2 Å². The molecule has 0 aliphatic carbocycles. The van der Waals surface area contributed by atoms with Gasteiger partial charge in [0.25, 0.3) is 0 Å². The smallest absolute Gasteiger partial charge is 0.124 e. The minimum Gasteiger partial charge on any atom is -0.303 e. The van der Waals surface area contributed by atoms with Gasteiger partial charge in [-0.2, -0.15) is 0 Å². The van der Waals surface area contributed by atoms with Crippen LogP contribution in [0, 0.1) is 0 Å². The Bertz CT molecular complexity index is 149. The second-order valence-electron chi connectivity index (χ2n) is 2.17. The highest BCUT2D eigenvalue weighted by Gasteiger charge is 2.09. The number of thioether (sulfide) groups is 1. The summed E-state index contributed by atoms with van der Waals surface area (Å²) in [6, 6.07) is 0. The Labute approximate surface area is 59.5 Å². The van der Waals surface area contributed by atoms with Gasteiger partial charge in [-0.3, -0.25) is 0 Å². The van der Waals surface area contributed by atoms with Crippen LogP contribution in [0.25, 0.3) is 0 Å². The fourth-order valence-corrected chi connectivity index (χ4v) is 2.09. The first-order valence-electron chi connectivity index (χ1n) is 3.09. The fraction of sp³-hybridized carbons (Fsp3) is 0.571. The average molecular weight is 142 g/mol. The molecule has 0 radical (unpaired) electrons. The highest BCUT2D eigenvalue weighted by atomic mass is 32.2. The Morgan fingerprint density at radius 2 is 2.56 bits per heavy atom. The normalized spacial score (nSPS) is 18.8. The predicted octanol–water partition coefficient (Wildman–Crippen LogP) is 1.99. The van der Waals surface area contributed by atoms with Crippen LogP contribution >= 0.6 is 11.8 Å². The number of carbonyl (C=O) groups excluding carboxylic acids is 1. The Hall–Kier alpha value is -0.240. The summed E-state index contributed by atoms with van der Waals surface area (Å²) in [4.78, 5) is 11.4. The Balaban J connectivity index is 2.54. The van der Waals surface area contributed by atoms with Gasteiger partial charge in [0.05, 0.1) is 0 Å². The molecule has 0 atom stereocenters. The maximum absolute atomic E-state index is 10.1. The lowest BCUT2D eigenvalue weighted by Gasteiger charge is -1.92. The molecule has 0 bridgehead atoms. The molecule has 0 saturated carbocycles. The molecule has 0 saturated heterocycles. The van der Waals surface area contributed by atoms with Crippen molar-refractivity contribution in [3.8, 4) is 0 Å². The third-order valence-corrected chi connectivity index (χ3v) is 2.77. The summed E-state index contributed by atoms with van der Waals surface area (Å²) in [6.45, 7) is 2.11. The van der Waals surface area contributed by atoms with Crippen molar-refractivity contribution in [3.63, 3.8) is 0 Å². The van der Waals surface area contributed by atoms with Crippen LogP contribution in [0.3, 0.4) is 0 Å². The zero-order valence-corrected chi connectivity index (χ0v) is 6.33. The zero-order valence-electron chi connectivity index (χ0n) is 5.52. The molecule has 0 N–H and O–H groups in total. The lowest BCUT2D eigenvalue weighted by atomic mass is 10.2. The summed E-state index contributed by atoms with van der Waals surface area (Å²) < 4.78 is 0. The first kappa shape index (κ1) is 6.87. The van der Waals surface area contributed by atoms with Crippen molar-refractivity contribution >= 4 is 18.0 Å². The minimum absolute atomic E-state index is 0.635. The molecular formula is C7H10OS. The van der Waals surface area contributed by atoms with Gasteiger partial charge in [-0.15, -0.1) is 11.8 Å².